The van der Waals surface area contributed by atoms with Crippen molar-refractivity contribution in [2.24, 2.45) is 0 Å². The first-order valence-electron chi connectivity index (χ1n) is 7.01. The zero-order chi connectivity index (χ0) is 17.3. The SMILES string of the molecule is Cc1ccc2nc(C=C(O)c3ccc([N+](=O)[O-])cc3)c(=O)oc2c1. The molecular formula is C17H12N2O5. The second-order valence-electron chi connectivity index (χ2n) is 5.19. The van der Waals surface area contributed by atoms with Gasteiger partial charge >= 0.3 is 5.63 Å². The molecule has 2 aromatic carbocycles. The number of nitrogens with zero attached hydrogens (tertiary/aromatic N) is 2. The lowest BCUT2D eigenvalue weighted by molar-refractivity contribution is -0.384. The minimum Gasteiger partial charge on any atom is -0.507 e. The fourth-order valence-corrected chi connectivity index (χ4v) is 2.18. The summed E-state index contributed by atoms with van der Waals surface area (Å²) >= 11 is 0. The maximum absolute atomic E-state index is 12.0. The molecule has 3 rings (SSSR count). The van der Waals surface area contributed by atoms with Crippen LogP contribution in [0.1, 0.15) is 16.8 Å². The fourth-order valence-electron chi connectivity index (χ4n) is 2.18. The molecule has 0 saturated heterocycles. The second kappa shape index (κ2) is 5.96. The number of aromatic nitrogens is 1. The molecule has 0 amide bonds. The summed E-state index contributed by atoms with van der Waals surface area (Å²) in [5.74, 6) is -0.240. The molecule has 1 aromatic heterocycles. The summed E-state index contributed by atoms with van der Waals surface area (Å²) in [6.07, 6.45) is 1.17. The Kier molecular flexibility index (Phi) is 3.83. The number of aliphatic hydroxyl groups excluding tert-OH is 1. The Hall–Kier alpha value is -3.48. The van der Waals surface area contributed by atoms with Crippen molar-refractivity contribution in [1.29, 1.82) is 0 Å². The van der Waals surface area contributed by atoms with Crippen molar-refractivity contribution in [1.82, 2.24) is 4.98 Å². The lowest BCUT2D eigenvalue weighted by Crippen LogP contribution is -2.06. The first-order chi connectivity index (χ1) is 11.4. The molecule has 0 radical (unpaired) electrons. The van der Waals surface area contributed by atoms with Crippen LogP contribution < -0.4 is 5.63 Å². The van der Waals surface area contributed by atoms with E-state index in [0.29, 0.717) is 16.7 Å². The molecule has 0 aliphatic heterocycles. The van der Waals surface area contributed by atoms with Crippen LogP contribution in [0.3, 0.4) is 0 Å². The second-order valence-corrected chi connectivity index (χ2v) is 5.19. The van der Waals surface area contributed by atoms with Gasteiger partial charge in [-0.2, -0.15) is 0 Å². The highest BCUT2D eigenvalue weighted by molar-refractivity contribution is 5.78. The highest BCUT2D eigenvalue weighted by Crippen LogP contribution is 2.19. The normalized spacial score (nSPS) is 11.6. The van der Waals surface area contributed by atoms with Gasteiger partial charge in [-0.25, -0.2) is 9.78 Å². The number of rotatable bonds is 3. The number of fused-ring (bicyclic) bond motifs is 1. The van der Waals surface area contributed by atoms with E-state index in [1.54, 1.807) is 12.1 Å². The Morgan fingerprint density at radius 1 is 1.25 bits per heavy atom. The number of aliphatic hydroxyl groups is 1. The minimum absolute atomic E-state index is 0.0535. The van der Waals surface area contributed by atoms with Crippen LogP contribution in [0.5, 0.6) is 0 Å². The number of aryl methyl sites for hydroxylation is 1. The summed E-state index contributed by atoms with van der Waals surface area (Å²) in [6, 6.07) is 10.5. The maximum Gasteiger partial charge on any atom is 0.362 e. The molecule has 0 aliphatic carbocycles. The van der Waals surface area contributed by atoms with E-state index in [2.05, 4.69) is 4.98 Å². The molecule has 24 heavy (non-hydrogen) atoms. The molecule has 0 atom stereocenters. The predicted molar refractivity (Wildman–Crippen MR) is 88.6 cm³/mol. The summed E-state index contributed by atoms with van der Waals surface area (Å²) < 4.78 is 5.20. The zero-order valence-electron chi connectivity index (χ0n) is 12.6. The van der Waals surface area contributed by atoms with E-state index in [1.807, 2.05) is 13.0 Å². The fraction of sp³-hybridized carbons (Fsp3) is 0.0588. The van der Waals surface area contributed by atoms with Crippen LogP contribution in [0.25, 0.3) is 22.9 Å². The topological polar surface area (TPSA) is 106 Å². The molecule has 1 heterocycles. The number of hydrogen-bond donors (Lipinski definition) is 1. The van der Waals surface area contributed by atoms with Gasteiger partial charge < -0.3 is 9.52 Å². The van der Waals surface area contributed by atoms with Gasteiger partial charge in [-0.1, -0.05) is 6.07 Å². The van der Waals surface area contributed by atoms with Crippen molar-refractivity contribution < 1.29 is 14.4 Å². The lowest BCUT2D eigenvalue weighted by Gasteiger charge is -2.01. The minimum atomic E-state index is -0.679. The molecule has 0 saturated carbocycles. The van der Waals surface area contributed by atoms with Gasteiger partial charge in [0.1, 0.15) is 11.3 Å². The summed E-state index contributed by atoms with van der Waals surface area (Å²) in [4.78, 5) is 26.3. The van der Waals surface area contributed by atoms with E-state index in [4.69, 9.17) is 4.42 Å². The molecule has 0 unspecified atom stereocenters. The van der Waals surface area contributed by atoms with Crippen LogP contribution in [0, 0.1) is 17.0 Å². The van der Waals surface area contributed by atoms with Gasteiger partial charge in [-0.15, -0.1) is 0 Å². The Bertz CT molecular complexity index is 1020. The quantitative estimate of drug-likeness (QED) is 0.449. The van der Waals surface area contributed by atoms with Gasteiger partial charge in [0.15, 0.2) is 11.3 Å². The van der Waals surface area contributed by atoms with Gasteiger partial charge in [0.2, 0.25) is 0 Å². The zero-order valence-corrected chi connectivity index (χ0v) is 12.6. The Morgan fingerprint density at radius 2 is 1.96 bits per heavy atom. The Labute approximate surface area is 135 Å². The Morgan fingerprint density at radius 3 is 2.62 bits per heavy atom. The molecule has 3 aromatic rings. The summed E-state index contributed by atoms with van der Waals surface area (Å²) in [6.45, 7) is 1.87. The smallest absolute Gasteiger partial charge is 0.362 e. The average Bonchev–Trinajstić information content (AvgIpc) is 2.55. The van der Waals surface area contributed by atoms with Gasteiger partial charge in [-0.3, -0.25) is 10.1 Å². The van der Waals surface area contributed by atoms with E-state index in [1.165, 1.54) is 30.3 Å². The number of benzene rings is 2. The monoisotopic (exact) mass is 324 g/mol. The number of nitro benzene ring substituents is 1. The van der Waals surface area contributed by atoms with E-state index in [0.717, 1.165) is 5.56 Å². The predicted octanol–water partition coefficient (Wildman–Crippen LogP) is 3.46. The third-order valence-corrected chi connectivity index (χ3v) is 3.42. The molecule has 7 heteroatoms. The molecule has 0 spiro atoms. The summed E-state index contributed by atoms with van der Waals surface area (Å²) in [5.41, 5.74) is 1.29. The molecule has 7 nitrogen and oxygen atoms in total. The molecule has 1 N–H and O–H groups in total. The molecule has 0 fully saturated rings. The first kappa shape index (κ1) is 15.4. The van der Waals surface area contributed by atoms with Crippen LogP contribution in [-0.4, -0.2) is 15.0 Å². The molecular weight excluding hydrogens is 312 g/mol. The van der Waals surface area contributed by atoms with Crippen LogP contribution >= 0.6 is 0 Å². The standard InChI is InChI=1S/C17H12N2O5/c1-10-2-7-13-16(8-10)24-17(21)14(18-13)9-15(20)11-3-5-12(6-4-11)19(22)23/h2-9,20H,1H3. The third-order valence-electron chi connectivity index (χ3n) is 3.42. The molecule has 0 aliphatic rings. The number of hydrogen-bond acceptors (Lipinski definition) is 6. The van der Waals surface area contributed by atoms with E-state index < -0.39 is 10.5 Å². The van der Waals surface area contributed by atoms with Crippen molar-refractivity contribution in [3.8, 4) is 0 Å². The van der Waals surface area contributed by atoms with Crippen molar-refractivity contribution in [3.05, 3.63) is 79.8 Å². The van der Waals surface area contributed by atoms with Crippen LogP contribution in [0.2, 0.25) is 0 Å². The van der Waals surface area contributed by atoms with Crippen molar-refractivity contribution in [3.63, 3.8) is 0 Å². The van der Waals surface area contributed by atoms with Gasteiger partial charge in [-0.05, 0) is 36.8 Å². The highest BCUT2D eigenvalue weighted by atomic mass is 16.6. The van der Waals surface area contributed by atoms with Crippen LogP contribution in [-0.2, 0) is 0 Å². The van der Waals surface area contributed by atoms with E-state index in [9.17, 15) is 20.0 Å². The van der Waals surface area contributed by atoms with Gasteiger partial charge in [0, 0.05) is 23.8 Å². The van der Waals surface area contributed by atoms with E-state index >= 15 is 0 Å². The molecule has 0 bridgehead atoms. The highest BCUT2D eigenvalue weighted by Gasteiger charge is 2.09. The van der Waals surface area contributed by atoms with Crippen LogP contribution in [0.15, 0.2) is 51.7 Å². The third kappa shape index (κ3) is 3.00. The van der Waals surface area contributed by atoms with Gasteiger partial charge in [0.05, 0.1) is 4.92 Å². The Balaban J connectivity index is 2.02. The maximum atomic E-state index is 12.0. The summed E-state index contributed by atoms with van der Waals surface area (Å²) in [5, 5.41) is 20.7. The average molecular weight is 324 g/mol. The lowest BCUT2D eigenvalue weighted by atomic mass is 10.1. The van der Waals surface area contributed by atoms with Crippen molar-refractivity contribution >= 4 is 28.6 Å². The molecule has 120 valence electrons. The van der Waals surface area contributed by atoms with Crippen molar-refractivity contribution in [2.45, 2.75) is 6.92 Å². The number of non-ortho nitro benzene ring substituents is 1. The van der Waals surface area contributed by atoms with Crippen LogP contribution in [0.4, 0.5) is 5.69 Å². The largest absolute Gasteiger partial charge is 0.507 e. The first-order valence-corrected chi connectivity index (χ1v) is 7.01. The van der Waals surface area contributed by atoms with Crippen molar-refractivity contribution in [2.75, 3.05) is 0 Å². The summed E-state index contributed by atoms with van der Waals surface area (Å²) in [7, 11) is 0. The van der Waals surface area contributed by atoms with Gasteiger partial charge in [0.25, 0.3) is 5.69 Å². The number of nitro groups is 1. The van der Waals surface area contributed by atoms with E-state index in [-0.39, 0.29) is 17.1 Å².